The third-order valence-corrected chi connectivity index (χ3v) is 2.99. The fourth-order valence-corrected chi connectivity index (χ4v) is 1.70. The lowest BCUT2D eigenvalue weighted by Gasteiger charge is -2.09. The number of carbonyl (C=O) groups is 3. The smallest absolute Gasteiger partial charge is 0.416 e. The first-order valence-corrected chi connectivity index (χ1v) is 7.03. The summed E-state index contributed by atoms with van der Waals surface area (Å²) < 4.78 is 41.7. The van der Waals surface area contributed by atoms with Gasteiger partial charge in [-0.3, -0.25) is 14.4 Å². The third kappa shape index (κ3) is 6.67. The zero-order valence-electron chi connectivity index (χ0n) is 12.9. The van der Waals surface area contributed by atoms with Gasteiger partial charge in [0.25, 0.3) is 5.91 Å². The molecule has 0 aromatic heterocycles. The van der Waals surface area contributed by atoms with Gasteiger partial charge in [-0.1, -0.05) is 0 Å². The molecule has 0 aliphatic carbocycles. The van der Waals surface area contributed by atoms with Crippen molar-refractivity contribution in [3.8, 4) is 0 Å². The van der Waals surface area contributed by atoms with E-state index in [1.807, 2.05) is 0 Å². The van der Waals surface area contributed by atoms with Crippen LogP contribution in [-0.4, -0.2) is 38.0 Å². The first-order valence-electron chi connectivity index (χ1n) is 7.03. The maximum atomic E-state index is 12.4. The van der Waals surface area contributed by atoms with Gasteiger partial charge in [0.1, 0.15) is 0 Å². The van der Waals surface area contributed by atoms with Crippen molar-refractivity contribution in [2.24, 2.45) is 0 Å². The van der Waals surface area contributed by atoms with E-state index in [9.17, 15) is 27.6 Å². The predicted octanol–water partition coefficient (Wildman–Crippen LogP) is 1.50. The number of hydrogen-bond acceptors (Lipinski definition) is 4. The Hall–Kier alpha value is -2.58. The van der Waals surface area contributed by atoms with Crippen molar-refractivity contribution < 1.29 is 32.3 Å². The second-order valence-corrected chi connectivity index (χ2v) is 4.79. The second-order valence-electron chi connectivity index (χ2n) is 4.79. The topological polar surface area (TPSA) is 84.5 Å². The standard InChI is InChI=1S/C15H17F3N2O4/c1-24-13(22)3-2-8-19-12(21)9-20-14(23)10-4-6-11(7-5-10)15(16,17)18/h4-7H,2-3,8-9H2,1H3,(H,19,21)(H,20,23). The molecule has 9 heteroatoms. The number of nitrogens with one attached hydrogen (secondary N) is 2. The summed E-state index contributed by atoms with van der Waals surface area (Å²) in [6, 6.07) is 3.66. The molecule has 1 aromatic carbocycles. The van der Waals surface area contributed by atoms with Crippen LogP contribution in [0, 0.1) is 0 Å². The van der Waals surface area contributed by atoms with E-state index in [1.54, 1.807) is 0 Å². The molecule has 2 N–H and O–H groups in total. The summed E-state index contributed by atoms with van der Waals surface area (Å²) >= 11 is 0. The van der Waals surface area contributed by atoms with E-state index in [1.165, 1.54) is 7.11 Å². The molecule has 0 aliphatic rings. The maximum Gasteiger partial charge on any atom is 0.416 e. The molecule has 0 fully saturated rings. The van der Waals surface area contributed by atoms with Crippen molar-refractivity contribution >= 4 is 17.8 Å². The highest BCUT2D eigenvalue weighted by Gasteiger charge is 2.30. The molecule has 0 saturated carbocycles. The molecule has 0 unspecified atom stereocenters. The minimum Gasteiger partial charge on any atom is -0.469 e. The summed E-state index contributed by atoms with van der Waals surface area (Å²) in [5, 5.41) is 4.78. The quantitative estimate of drug-likeness (QED) is 0.579. The zero-order chi connectivity index (χ0) is 18.2. The third-order valence-electron chi connectivity index (χ3n) is 2.99. The lowest BCUT2D eigenvalue weighted by molar-refractivity contribution is -0.141. The van der Waals surface area contributed by atoms with Gasteiger partial charge in [0.05, 0.1) is 19.2 Å². The molecule has 0 atom stereocenters. The average molecular weight is 346 g/mol. The van der Waals surface area contributed by atoms with Gasteiger partial charge in [-0.05, 0) is 30.7 Å². The fourth-order valence-electron chi connectivity index (χ4n) is 1.70. The Morgan fingerprint density at radius 2 is 1.71 bits per heavy atom. The molecule has 1 rings (SSSR count). The minimum absolute atomic E-state index is 0.0153. The van der Waals surface area contributed by atoms with Gasteiger partial charge in [-0.15, -0.1) is 0 Å². The number of hydrogen-bond donors (Lipinski definition) is 2. The van der Waals surface area contributed by atoms with Crippen LogP contribution in [-0.2, 0) is 20.5 Å². The van der Waals surface area contributed by atoms with Crippen LogP contribution >= 0.6 is 0 Å². The number of halogens is 3. The first kappa shape index (κ1) is 19.5. The Morgan fingerprint density at radius 1 is 1.08 bits per heavy atom. The second kappa shape index (κ2) is 8.90. The van der Waals surface area contributed by atoms with Crippen LogP contribution in [0.25, 0.3) is 0 Å². The first-order chi connectivity index (χ1) is 11.2. The number of carbonyl (C=O) groups excluding carboxylic acids is 3. The molecule has 6 nitrogen and oxygen atoms in total. The molecule has 0 heterocycles. The average Bonchev–Trinajstić information content (AvgIpc) is 2.55. The molecule has 1 aromatic rings. The van der Waals surface area contributed by atoms with Gasteiger partial charge in [0.15, 0.2) is 0 Å². The SMILES string of the molecule is COC(=O)CCCNC(=O)CNC(=O)c1ccc(C(F)(F)F)cc1. The number of benzene rings is 1. The van der Waals surface area contributed by atoms with Gasteiger partial charge < -0.3 is 15.4 Å². The Morgan fingerprint density at radius 3 is 2.25 bits per heavy atom. The highest BCUT2D eigenvalue weighted by atomic mass is 19.4. The van der Waals surface area contributed by atoms with E-state index >= 15 is 0 Å². The van der Waals surface area contributed by atoms with Crippen LogP contribution in [0.4, 0.5) is 13.2 Å². The Balaban J connectivity index is 2.35. The number of methoxy groups -OCH3 is 1. The highest BCUT2D eigenvalue weighted by molar-refractivity contribution is 5.96. The van der Waals surface area contributed by atoms with Crippen molar-refractivity contribution in [2.75, 3.05) is 20.2 Å². The van der Waals surface area contributed by atoms with Crippen molar-refractivity contribution in [2.45, 2.75) is 19.0 Å². The predicted molar refractivity (Wildman–Crippen MR) is 78.0 cm³/mol. The van der Waals surface area contributed by atoms with E-state index in [2.05, 4.69) is 15.4 Å². The molecule has 132 valence electrons. The molecule has 0 spiro atoms. The van der Waals surface area contributed by atoms with Crippen LogP contribution in [0.3, 0.4) is 0 Å². The van der Waals surface area contributed by atoms with Gasteiger partial charge in [0.2, 0.25) is 5.91 Å². The van der Waals surface area contributed by atoms with Crippen LogP contribution in [0.5, 0.6) is 0 Å². The lowest BCUT2D eigenvalue weighted by Crippen LogP contribution is -2.37. The number of alkyl halides is 3. The number of rotatable bonds is 7. The normalized spacial score (nSPS) is 10.8. The molecular formula is C15H17F3N2O4. The summed E-state index contributed by atoms with van der Waals surface area (Å²) in [5.41, 5.74) is -0.844. The maximum absolute atomic E-state index is 12.4. The van der Waals surface area contributed by atoms with Crippen molar-refractivity contribution in [3.05, 3.63) is 35.4 Å². The van der Waals surface area contributed by atoms with Gasteiger partial charge in [-0.2, -0.15) is 13.2 Å². The van der Waals surface area contributed by atoms with Crippen LogP contribution in [0.15, 0.2) is 24.3 Å². The molecular weight excluding hydrogens is 329 g/mol. The summed E-state index contributed by atoms with van der Waals surface area (Å²) in [5.74, 6) is -1.52. The number of amides is 2. The Bertz CT molecular complexity index is 585. The summed E-state index contributed by atoms with van der Waals surface area (Å²) in [6.45, 7) is -0.0812. The molecule has 0 bridgehead atoms. The van der Waals surface area contributed by atoms with E-state index < -0.39 is 23.6 Å². The van der Waals surface area contributed by atoms with E-state index in [0.29, 0.717) is 6.42 Å². The largest absolute Gasteiger partial charge is 0.469 e. The van der Waals surface area contributed by atoms with Gasteiger partial charge in [0, 0.05) is 18.5 Å². The highest BCUT2D eigenvalue weighted by Crippen LogP contribution is 2.28. The zero-order valence-corrected chi connectivity index (χ0v) is 12.9. The fraction of sp³-hybridized carbons (Fsp3) is 0.400. The van der Waals surface area contributed by atoms with Crippen molar-refractivity contribution in [3.63, 3.8) is 0 Å². The monoisotopic (exact) mass is 346 g/mol. The van der Waals surface area contributed by atoms with Crippen LogP contribution in [0.2, 0.25) is 0 Å². The minimum atomic E-state index is -4.47. The molecule has 24 heavy (non-hydrogen) atoms. The number of ether oxygens (including phenoxy) is 1. The number of esters is 1. The van der Waals surface area contributed by atoms with E-state index in [0.717, 1.165) is 24.3 Å². The van der Waals surface area contributed by atoms with Gasteiger partial charge in [-0.25, -0.2) is 0 Å². The summed E-state index contributed by atoms with van der Waals surface area (Å²) in [6.07, 6.45) is -3.92. The summed E-state index contributed by atoms with van der Waals surface area (Å²) in [4.78, 5) is 34.1. The Kier molecular flexibility index (Phi) is 7.22. The van der Waals surface area contributed by atoms with E-state index in [-0.39, 0.29) is 31.0 Å². The Labute approximate surface area is 136 Å². The van der Waals surface area contributed by atoms with Crippen molar-refractivity contribution in [1.29, 1.82) is 0 Å². The lowest BCUT2D eigenvalue weighted by atomic mass is 10.1. The van der Waals surface area contributed by atoms with E-state index in [4.69, 9.17) is 0 Å². The summed E-state index contributed by atoms with van der Waals surface area (Å²) in [7, 11) is 1.26. The van der Waals surface area contributed by atoms with Crippen LogP contribution in [0.1, 0.15) is 28.8 Å². The molecule has 0 aliphatic heterocycles. The van der Waals surface area contributed by atoms with Gasteiger partial charge >= 0.3 is 12.1 Å². The molecule has 0 radical (unpaired) electrons. The van der Waals surface area contributed by atoms with Crippen molar-refractivity contribution in [1.82, 2.24) is 10.6 Å². The van der Waals surface area contributed by atoms with Crippen LogP contribution < -0.4 is 10.6 Å². The molecule has 2 amide bonds. The molecule has 0 saturated heterocycles.